The molecule has 2 aliphatic carbocycles. The number of benzene rings is 3. The molecule has 2 fully saturated rings. The maximum Gasteiger partial charge on any atom is 0.410 e. The van der Waals surface area contributed by atoms with Gasteiger partial charge in [-0.15, -0.1) is 0 Å². The van der Waals surface area contributed by atoms with Crippen molar-refractivity contribution in [3.63, 3.8) is 0 Å². The Hall–Kier alpha value is -2.81. The summed E-state index contributed by atoms with van der Waals surface area (Å²) in [6, 6.07) is 19.2. The highest BCUT2D eigenvalue weighted by Crippen LogP contribution is 2.47. The lowest BCUT2D eigenvalue weighted by atomic mass is 9.72. The van der Waals surface area contributed by atoms with Gasteiger partial charge >= 0.3 is 6.09 Å². The number of rotatable bonds is 4. The van der Waals surface area contributed by atoms with E-state index in [0.717, 1.165) is 18.5 Å². The van der Waals surface area contributed by atoms with Crippen LogP contribution in [0.1, 0.15) is 104 Å². The predicted molar refractivity (Wildman–Crippen MR) is 146 cm³/mol. The maximum atomic E-state index is 13.2. The highest BCUT2D eigenvalue weighted by molar-refractivity contribution is 5.92. The van der Waals surface area contributed by atoms with Crippen LogP contribution in [0.2, 0.25) is 0 Å². The fourth-order valence-electron chi connectivity index (χ4n) is 7.27. The van der Waals surface area contributed by atoms with Crippen LogP contribution in [0.15, 0.2) is 54.6 Å². The third-order valence-electron chi connectivity index (χ3n) is 8.99. The largest absolute Gasteiger partial charge is 0.445 e. The first kappa shape index (κ1) is 23.6. The quantitative estimate of drug-likeness (QED) is 0.373. The van der Waals surface area contributed by atoms with E-state index in [0.29, 0.717) is 25.0 Å². The first-order valence-electron chi connectivity index (χ1n) is 14.3. The molecule has 3 aromatic carbocycles. The molecule has 36 heavy (non-hydrogen) atoms. The Morgan fingerprint density at radius 2 is 1.28 bits per heavy atom. The highest BCUT2D eigenvalue weighted by atomic mass is 16.6. The van der Waals surface area contributed by atoms with Crippen molar-refractivity contribution in [2.24, 2.45) is 0 Å². The predicted octanol–water partition coefficient (Wildman–Crippen LogP) is 8.63. The Morgan fingerprint density at radius 1 is 0.722 bits per heavy atom. The second kappa shape index (κ2) is 10.7. The standard InChI is InChI=1S/C33H39NO2/c35-33(36-23-24-12-4-1-5-13-24)34-21-20-29-30(22-34)32(26-16-8-3-9-17-26)28-19-11-10-18-27(28)31(29)25-14-6-2-7-15-25/h1,4-5,10-13,18-19,25-26H,2-3,6-9,14-17,20-23H2. The summed E-state index contributed by atoms with van der Waals surface area (Å²) in [5.41, 5.74) is 7.26. The van der Waals surface area contributed by atoms with Gasteiger partial charge in [0.05, 0.1) is 0 Å². The number of amides is 1. The van der Waals surface area contributed by atoms with Crippen LogP contribution in [0.3, 0.4) is 0 Å². The van der Waals surface area contributed by atoms with Gasteiger partial charge in [0.1, 0.15) is 6.61 Å². The summed E-state index contributed by atoms with van der Waals surface area (Å²) >= 11 is 0. The van der Waals surface area contributed by atoms with Crippen LogP contribution < -0.4 is 0 Å². The van der Waals surface area contributed by atoms with Crippen molar-refractivity contribution >= 4 is 16.9 Å². The average Bonchev–Trinajstić information content (AvgIpc) is 2.95. The molecule has 3 aliphatic rings. The van der Waals surface area contributed by atoms with Crippen molar-refractivity contribution in [2.45, 2.75) is 95.6 Å². The van der Waals surface area contributed by atoms with Gasteiger partial charge in [0.15, 0.2) is 0 Å². The number of fused-ring (bicyclic) bond motifs is 2. The van der Waals surface area contributed by atoms with E-state index in [1.165, 1.54) is 80.5 Å². The average molecular weight is 482 g/mol. The van der Waals surface area contributed by atoms with Gasteiger partial charge in [0.25, 0.3) is 0 Å². The van der Waals surface area contributed by atoms with Crippen LogP contribution in [0, 0.1) is 0 Å². The number of ether oxygens (including phenoxy) is 1. The number of nitrogens with zero attached hydrogens (tertiary/aromatic N) is 1. The number of carbonyl (C=O) groups is 1. The molecule has 1 heterocycles. The van der Waals surface area contributed by atoms with E-state index in [1.807, 2.05) is 35.2 Å². The Bertz CT molecular complexity index is 1210. The van der Waals surface area contributed by atoms with Crippen molar-refractivity contribution in [1.82, 2.24) is 4.90 Å². The summed E-state index contributed by atoms with van der Waals surface area (Å²) in [5, 5.41) is 2.96. The molecule has 0 bridgehead atoms. The minimum absolute atomic E-state index is 0.175. The van der Waals surface area contributed by atoms with E-state index in [9.17, 15) is 4.79 Å². The maximum absolute atomic E-state index is 13.2. The summed E-state index contributed by atoms with van der Waals surface area (Å²) in [7, 11) is 0. The summed E-state index contributed by atoms with van der Waals surface area (Å²) in [5.74, 6) is 1.27. The lowest BCUT2D eigenvalue weighted by molar-refractivity contribution is 0.0916. The van der Waals surface area contributed by atoms with Gasteiger partial charge in [0.2, 0.25) is 0 Å². The smallest absolute Gasteiger partial charge is 0.410 e. The normalized spacial score (nSPS) is 19.3. The fourth-order valence-corrected chi connectivity index (χ4v) is 7.27. The van der Waals surface area contributed by atoms with Crippen molar-refractivity contribution in [3.8, 4) is 0 Å². The van der Waals surface area contributed by atoms with Crippen molar-refractivity contribution in [1.29, 1.82) is 0 Å². The minimum Gasteiger partial charge on any atom is -0.445 e. The van der Waals surface area contributed by atoms with Crippen LogP contribution in [-0.2, 0) is 24.3 Å². The third kappa shape index (κ3) is 4.65. The molecular weight excluding hydrogens is 442 g/mol. The van der Waals surface area contributed by atoms with E-state index in [-0.39, 0.29) is 6.09 Å². The molecule has 0 saturated heterocycles. The first-order chi connectivity index (χ1) is 17.8. The van der Waals surface area contributed by atoms with Gasteiger partial charge in [-0.25, -0.2) is 4.79 Å². The van der Waals surface area contributed by atoms with Gasteiger partial charge < -0.3 is 9.64 Å². The number of hydrogen-bond acceptors (Lipinski definition) is 2. The monoisotopic (exact) mass is 481 g/mol. The van der Waals surface area contributed by atoms with Gasteiger partial charge in [-0.1, -0.05) is 93.1 Å². The zero-order valence-corrected chi connectivity index (χ0v) is 21.5. The van der Waals surface area contributed by atoms with E-state index in [1.54, 1.807) is 16.7 Å². The number of hydrogen-bond donors (Lipinski definition) is 0. The Kier molecular flexibility index (Phi) is 6.98. The molecule has 1 amide bonds. The van der Waals surface area contributed by atoms with Crippen molar-refractivity contribution in [3.05, 3.63) is 82.4 Å². The topological polar surface area (TPSA) is 29.5 Å². The molecule has 3 heteroatoms. The summed E-state index contributed by atoms with van der Waals surface area (Å²) < 4.78 is 5.79. The molecule has 3 aromatic rings. The minimum atomic E-state index is -0.175. The van der Waals surface area contributed by atoms with Gasteiger partial charge in [-0.2, -0.15) is 0 Å². The molecule has 0 atom stereocenters. The highest BCUT2D eigenvalue weighted by Gasteiger charge is 2.33. The van der Waals surface area contributed by atoms with E-state index < -0.39 is 0 Å². The molecule has 0 N–H and O–H groups in total. The summed E-state index contributed by atoms with van der Waals surface area (Å²) in [6.45, 7) is 1.78. The van der Waals surface area contributed by atoms with Crippen molar-refractivity contribution < 1.29 is 9.53 Å². The molecule has 188 valence electrons. The van der Waals surface area contributed by atoms with Crippen LogP contribution in [0.4, 0.5) is 4.79 Å². The van der Waals surface area contributed by atoms with Crippen LogP contribution in [0.5, 0.6) is 0 Å². The fraction of sp³-hybridized carbons (Fsp3) is 0.485. The zero-order chi connectivity index (χ0) is 24.3. The molecule has 2 saturated carbocycles. The van der Waals surface area contributed by atoms with Crippen molar-refractivity contribution in [2.75, 3.05) is 6.54 Å². The van der Waals surface area contributed by atoms with E-state index in [2.05, 4.69) is 24.3 Å². The molecule has 1 aliphatic heterocycles. The molecule has 6 rings (SSSR count). The Labute approximate surface area is 215 Å². The molecule has 0 radical (unpaired) electrons. The first-order valence-corrected chi connectivity index (χ1v) is 14.3. The van der Waals surface area contributed by atoms with E-state index >= 15 is 0 Å². The second-order valence-corrected chi connectivity index (χ2v) is 11.2. The Balaban J connectivity index is 1.39. The summed E-state index contributed by atoms with van der Waals surface area (Å²) in [4.78, 5) is 15.2. The molecule has 0 spiro atoms. The van der Waals surface area contributed by atoms with Crippen LogP contribution in [-0.4, -0.2) is 17.5 Å². The van der Waals surface area contributed by atoms with Crippen LogP contribution in [0.25, 0.3) is 10.8 Å². The number of carbonyl (C=O) groups excluding carboxylic acids is 1. The molecule has 3 nitrogen and oxygen atoms in total. The van der Waals surface area contributed by atoms with Crippen LogP contribution >= 0.6 is 0 Å². The zero-order valence-electron chi connectivity index (χ0n) is 21.5. The Morgan fingerprint density at radius 3 is 1.89 bits per heavy atom. The van der Waals surface area contributed by atoms with Gasteiger partial charge in [0, 0.05) is 13.1 Å². The lowest BCUT2D eigenvalue weighted by Gasteiger charge is -2.37. The second-order valence-electron chi connectivity index (χ2n) is 11.2. The SMILES string of the molecule is O=C(OCc1ccccc1)N1CCc2c(c(C3CCCCC3)c3ccccc3c2C2CCCCC2)C1. The third-order valence-corrected chi connectivity index (χ3v) is 8.99. The lowest BCUT2D eigenvalue weighted by Crippen LogP contribution is -2.38. The van der Waals surface area contributed by atoms with Gasteiger partial charge in [-0.3, -0.25) is 0 Å². The molecule has 0 unspecified atom stereocenters. The van der Waals surface area contributed by atoms with E-state index in [4.69, 9.17) is 4.74 Å². The summed E-state index contributed by atoms with van der Waals surface area (Å²) in [6.07, 6.45) is 14.0. The van der Waals surface area contributed by atoms with Gasteiger partial charge in [-0.05, 0) is 82.5 Å². The molecular formula is C33H39NO2. The molecule has 0 aromatic heterocycles.